The summed E-state index contributed by atoms with van der Waals surface area (Å²) in [6.07, 6.45) is 26.2. The van der Waals surface area contributed by atoms with E-state index in [1.807, 2.05) is 0 Å². The maximum absolute atomic E-state index is 11.6. The first kappa shape index (κ1) is 25.5. The molecule has 0 aromatic heterocycles. The van der Waals surface area contributed by atoms with Crippen molar-refractivity contribution in [3.05, 3.63) is 0 Å². The first-order valence-corrected chi connectivity index (χ1v) is 12.0. The van der Waals surface area contributed by atoms with Crippen LogP contribution in [0.4, 0.5) is 0 Å². The predicted octanol–water partition coefficient (Wildman–Crippen LogP) is 7.93. The van der Waals surface area contributed by atoms with Crippen LogP contribution in [0.5, 0.6) is 0 Å². The number of rotatable bonds is 21. The minimum Gasteiger partial charge on any atom is -0.369 e. The van der Waals surface area contributed by atoms with Gasteiger partial charge < -0.3 is 5.73 Å². The lowest BCUT2D eigenvalue weighted by molar-refractivity contribution is -0.122. The Kier molecular flexibility index (Phi) is 20.4. The van der Waals surface area contributed by atoms with Gasteiger partial charge in [0.1, 0.15) is 0 Å². The van der Waals surface area contributed by atoms with Gasteiger partial charge in [0.15, 0.2) is 0 Å². The highest BCUT2D eigenvalue weighted by molar-refractivity contribution is 5.76. The molecule has 2 heteroatoms. The van der Waals surface area contributed by atoms with E-state index in [1.54, 1.807) is 0 Å². The maximum atomic E-state index is 11.6. The molecule has 0 rings (SSSR count). The molecule has 26 heavy (non-hydrogen) atoms. The molecule has 0 aromatic rings. The number of unbranched alkanes of at least 4 members (excludes halogenated alkanes) is 16. The molecule has 0 aliphatic carbocycles. The Balaban J connectivity index is 3.42. The van der Waals surface area contributed by atoms with Crippen LogP contribution in [0, 0.1) is 5.92 Å². The van der Waals surface area contributed by atoms with Crippen LogP contribution in [0.1, 0.15) is 142 Å². The molecule has 1 atom stereocenters. The summed E-state index contributed by atoms with van der Waals surface area (Å²) < 4.78 is 0. The Morgan fingerprint density at radius 2 is 0.808 bits per heavy atom. The van der Waals surface area contributed by atoms with Gasteiger partial charge >= 0.3 is 0 Å². The molecule has 1 amide bonds. The molecule has 0 aromatic carbocycles. The first-order valence-electron chi connectivity index (χ1n) is 12.0. The average molecular weight is 368 g/mol. The monoisotopic (exact) mass is 367 g/mol. The Bertz CT molecular complexity index is 290. The van der Waals surface area contributed by atoms with Gasteiger partial charge in [-0.2, -0.15) is 0 Å². The normalized spacial score (nSPS) is 12.4. The fourth-order valence-corrected chi connectivity index (χ4v) is 3.83. The molecule has 0 saturated heterocycles. The summed E-state index contributed by atoms with van der Waals surface area (Å²) in [5, 5.41) is 0. The van der Waals surface area contributed by atoms with E-state index in [9.17, 15) is 4.79 Å². The van der Waals surface area contributed by atoms with Crippen LogP contribution in [-0.2, 0) is 4.79 Å². The minimum atomic E-state index is -0.0679. The van der Waals surface area contributed by atoms with Crippen molar-refractivity contribution in [1.29, 1.82) is 0 Å². The molecular formula is C24H49NO. The zero-order valence-corrected chi connectivity index (χ0v) is 18.2. The Hall–Kier alpha value is -0.530. The van der Waals surface area contributed by atoms with E-state index in [0.29, 0.717) is 0 Å². The van der Waals surface area contributed by atoms with Gasteiger partial charge in [-0.25, -0.2) is 0 Å². The van der Waals surface area contributed by atoms with Crippen molar-refractivity contribution >= 4 is 5.91 Å². The van der Waals surface area contributed by atoms with Crippen molar-refractivity contribution in [3.8, 4) is 0 Å². The van der Waals surface area contributed by atoms with Crippen molar-refractivity contribution in [3.63, 3.8) is 0 Å². The summed E-state index contributed by atoms with van der Waals surface area (Å²) in [4.78, 5) is 11.6. The Morgan fingerprint density at radius 1 is 0.538 bits per heavy atom. The molecule has 0 fully saturated rings. The van der Waals surface area contributed by atoms with Crippen LogP contribution in [0.2, 0.25) is 0 Å². The van der Waals surface area contributed by atoms with Crippen LogP contribution in [0.3, 0.4) is 0 Å². The van der Waals surface area contributed by atoms with Crippen LogP contribution < -0.4 is 5.73 Å². The van der Waals surface area contributed by atoms with Crippen LogP contribution in [-0.4, -0.2) is 5.91 Å². The molecular weight excluding hydrogens is 318 g/mol. The smallest absolute Gasteiger partial charge is 0.220 e. The summed E-state index contributed by atoms with van der Waals surface area (Å²) in [6.45, 7) is 4.53. The van der Waals surface area contributed by atoms with Gasteiger partial charge in [0.25, 0.3) is 0 Å². The Morgan fingerprint density at radius 3 is 1.08 bits per heavy atom. The van der Waals surface area contributed by atoms with Crippen molar-refractivity contribution in [1.82, 2.24) is 0 Å². The summed E-state index contributed by atoms with van der Waals surface area (Å²) in [5.41, 5.74) is 5.60. The highest BCUT2D eigenvalue weighted by atomic mass is 16.1. The first-order chi connectivity index (χ1) is 12.7. The second-order valence-corrected chi connectivity index (χ2v) is 8.33. The number of amides is 1. The SMILES string of the molecule is CCCCCCCCCCCCCCC(CCCCCCCC)C(N)=O. The molecule has 0 saturated carbocycles. The van der Waals surface area contributed by atoms with E-state index in [-0.39, 0.29) is 11.8 Å². The fourth-order valence-electron chi connectivity index (χ4n) is 3.83. The Labute approximate surface area is 165 Å². The van der Waals surface area contributed by atoms with E-state index in [4.69, 9.17) is 5.73 Å². The summed E-state index contributed by atoms with van der Waals surface area (Å²) >= 11 is 0. The summed E-state index contributed by atoms with van der Waals surface area (Å²) in [7, 11) is 0. The van der Waals surface area contributed by atoms with Gasteiger partial charge in [0.2, 0.25) is 5.91 Å². The maximum Gasteiger partial charge on any atom is 0.220 e. The number of nitrogens with two attached hydrogens (primary N) is 1. The molecule has 2 N–H and O–H groups in total. The molecule has 0 heterocycles. The lowest BCUT2D eigenvalue weighted by atomic mass is 9.93. The van der Waals surface area contributed by atoms with Gasteiger partial charge in [0, 0.05) is 5.92 Å². The molecule has 0 radical (unpaired) electrons. The number of hydrogen-bond acceptors (Lipinski definition) is 1. The third-order valence-corrected chi connectivity index (χ3v) is 5.71. The van der Waals surface area contributed by atoms with Gasteiger partial charge in [-0.1, -0.05) is 129 Å². The van der Waals surface area contributed by atoms with Crippen molar-refractivity contribution in [2.75, 3.05) is 0 Å². The average Bonchev–Trinajstić information content (AvgIpc) is 2.63. The summed E-state index contributed by atoms with van der Waals surface area (Å²) in [6, 6.07) is 0. The number of primary amides is 1. The van der Waals surface area contributed by atoms with Gasteiger partial charge in [-0.3, -0.25) is 4.79 Å². The van der Waals surface area contributed by atoms with E-state index >= 15 is 0 Å². The molecule has 0 aliphatic rings. The fraction of sp³-hybridized carbons (Fsp3) is 0.958. The van der Waals surface area contributed by atoms with E-state index < -0.39 is 0 Å². The standard InChI is InChI=1S/C24H49NO/c1-3-5-7-9-11-12-13-14-15-16-18-20-22-23(24(25)26)21-19-17-10-8-6-4-2/h23H,3-22H2,1-2H3,(H2,25,26). The van der Waals surface area contributed by atoms with Gasteiger partial charge in [0.05, 0.1) is 0 Å². The second-order valence-electron chi connectivity index (χ2n) is 8.33. The number of carbonyl (C=O) groups is 1. The van der Waals surface area contributed by atoms with Crippen LogP contribution in [0.25, 0.3) is 0 Å². The lowest BCUT2D eigenvalue weighted by Crippen LogP contribution is -2.23. The zero-order chi connectivity index (χ0) is 19.3. The van der Waals surface area contributed by atoms with Crippen molar-refractivity contribution in [2.24, 2.45) is 11.7 Å². The quantitative estimate of drug-likeness (QED) is 0.206. The molecule has 0 spiro atoms. The van der Waals surface area contributed by atoms with E-state index in [0.717, 1.165) is 12.8 Å². The highest BCUT2D eigenvalue weighted by Crippen LogP contribution is 2.19. The van der Waals surface area contributed by atoms with Gasteiger partial charge in [-0.15, -0.1) is 0 Å². The zero-order valence-electron chi connectivity index (χ0n) is 18.2. The van der Waals surface area contributed by atoms with E-state index in [1.165, 1.54) is 116 Å². The van der Waals surface area contributed by atoms with E-state index in [2.05, 4.69) is 13.8 Å². The number of carbonyl (C=O) groups excluding carboxylic acids is 1. The van der Waals surface area contributed by atoms with Crippen LogP contribution >= 0.6 is 0 Å². The van der Waals surface area contributed by atoms with Crippen LogP contribution in [0.15, 0.2) is 0 Å². The third kappa shape index (κ3) is 18.3. The topological polar surface area (TPSA) is 43.1 Å². The molecule has 1 unspecified atom stereocenters. The number of hydrogen-bond donors (Lipinski definition) is 1. The van der Waals surface area contributed by atoms with Crippen molar-refractivity contribution in [2.45, 2.75) is 142 Å². The molecule has 156 valence electrons. The molecule has 0 aliphatic heterocycles. The largest absolute Gasteiger partial charge is 0.369 e. The molecule has 0 bridgehead atoms. The second kappa shape index (κ2) is 20.8. The van der Waals surface area contributed by atoms with Gasteiger partial charge in [-0.05, 0) is 12.8 Å². The molecule has 2 nitrogen and oxygen atoms in total. The summed E-state index contributed by atoms with van der Waals surface area (Å²) in [5.74, 6) is 0.0610. The highest BCUT2D eigenvalue weighted by Gasteiger charge is 2.14. The van der Waals surface area contributed by atoms with Crippen molar-refractivity contribution < 1.29 is 4.79 Å². The predicted molar refractivity (Wildman–Crippen MR) is 116 cm³/mol. The minimum absolute atomic E-state index is 0.0679. The third-order valence-electron chi connectivity index (χ3n) is 5.71. The lowest BCUT2D eigenvalue weighted by Gasteiger charge is -2.13.